The van der Waals surface area contributed by atoms with E-state index in [0.717, 1.165) is 27.8 Å². The third-order valence-electron chi connectivity index (χ3n) is 8.04. The zero-order valence-electron chi connectivity index (χ0n) is 22.7. The number of carbonyl (C=O) groups is 3. The lowest BCUT2D eigenvalue weighted by atomic mass is 9.84. The number of alkyl carbamates (subject to hydrolysis) is 1. The molecule has 0 atom stereocenters. The molecule has 1 aliphatic heterocycles. The number of likely N-dealkylation sites (tertiary alicyclic amines) is 1. The van der Waals surface area contributed by atoms with Crippen LogP contribution in [0.15, 0.2) is 78.9 Å². The summed E-state index contributed by atoms with van der Waals surface area (Å²) in [5.41, 5.74) is 4.60. The average molecular weight is 542 g/mol. The number of aliphatic carboxylic acids is 1. The largest absolute Gasteiger partial charge is 0.480 e. The van der Waals surface area contributed by atoms with Gasteiger partial charge in [-0.15, -0.1) is 0 Å². The van der Waals surface area contributed by atoms with E-state index in [9.17, 15) is 19.5 Å². The van der Waals surface area contributed by atoms with E-state index in [-0.39, 0.29) is 31.4 Å². The lowest BCUT2D eigenvalue weighted by Gasteiger charge is -2.41. The molecule has 8 heteroatoms. The molecule has 0 aromatic heterocycles. The first-order valence-corrected chi connectivity index (χ1v) is 13.7. The van der Waals surface area contributed by atoms with E-state index in [1.165, 1.54) is 4.90 Å². The van der Waals surface area contributed by atoms with E-state index in [0.29, 0.717) is 25.9 Å². The monoisotopic (exact) mass is 541 g/mol. The summed E-state index contributed by atoms with van der Waals surface area (Å²) in [6.45, 7) is 1.37. The predicted molar refractivity (Wildman–Crippen MR) is 152 cm³/mol. The van der Waals surface area contributed by atoms with Crippen LogP contribution in [-0.4, -0.2) is 71.7 Å². The summed E-state index contributed by atoms with van der Waals surface area (Å²) in [6, 6.07) is 25.7. The van der Waals surface area contributed by atoms with Crippen LogP contribution in [-0.2, 0) is 20.9 Å². The molecular weight excluding hydrogens is 506 g/mol. The molecule has 2 N–H and O–H groups in total. The number of benzene rings is 3. The van der Waals surface area contributed by atoms with Crippen molar-refractivity contribution in [3.05, 3.63) is 95.6 Å². The molecule has 0 radical (unpaired) electrons. The second-order valence-corrected chi connectivity index (χ2v) is 10.8. The van der Waals surface area contributed by atoms with Gasteiger partial charge in [0, 0.05) is 25.6 Å². The number of nitrogens with zero attached hydrogens (tertiary/aromatic N) is 2. The highest BCUT2D eigenvalue weighted by molar-refractivity contribution is 5.83. The number of amides is 2. The molecule has 1 aliphatic carbocycles. The average Bonchev–Trinajstić information content (AvgIpc) is 3.27. The Balaban J connectivity index is 1.29. The first kappa shape index (κ1) is 27.4. The molecule has 1 fully saturated rings. The lowest BCUT2D eigenvalue weighted by molar-refractivity contribution is -0.145. The Hall–Kier alpha value is -4.17. The Labute approximate surface area is 234 Å². The molecule has 0 unspecified atom stereocenters. The molecule has 5 rings (SSSR count). The summed E-state index contributed by atoms with van der Waals surface area (Å²) in [5, 5.41) is 12.5. The Morgan fingerprint density at radius 1 is 0.925 bits per heavy atom. The molecule has 0 spiro atoms. The topological polar surface area (TPSA) is 99.2 Å². The number of hydrogen-bond donors (Lipinski definition) is 2. The summed E-state index contributed by atoms with van der Waals surface area (Å²) in [7, 11) is 2.01. The van der Waals surface area contributed by atoms with Crippen LogP contribution >= 0.6 is 0 Å². The second-order valence-electron chi connectivity index (χ2n) is 10.8. The van der Waals surface area contributed by atoms with Crippen molar-refractivity contribution in [2.75, 3.05) is 33.3 Å². The fourth-order valence-corrected chi connectivity index (χ4v) is 5.84. The molecule has 1 saturated heterocycles. The van der Waals surface area contributed by atoms with Crippen molar-refractivity contribution in [2.45, 2.75) is 37.3 Å². The van der Waals surface area contributed by atoms with Crippen molar-refractivity contribution in [1.82, 2.24) is 15.1 Å². The van der Waals surface area contributed by atoms with E-state index in [2.05, 4.69) is 34.5 Å². The molecule has 0 saturated carbocycles. The number of carbonyl (C=O) groups excluding carboxylic acids is 2. The van der Waals surface area contributed by atoms with Crippen molar-refractivity contribution in [2.24, 2.45) is 0 Å². The van der Waals surface area contributed by atoms with Crippen LogP contribution in [0.3, 0.4) is 0 Å². The maximum atomic E-state index is 13.5. The summed E-state index contributed by atoms with van der Waals surface area (Å²) in [6.07, 6.45) is 0.565. The molecule has 1 heterocycles. The molecule has 208 valence electrons. The van der Waals surface area contributed by atoms with Crippen LogP contribution in [0.2, 0.25) is 0 Å². The van der Waals surface area contributed by atoms with Gasteiger partial charge in [-0.25, -0.2) is 4.79 Å². The first-order chi connectivity index (χ1) is 19.3. The van der Waals surface area contributed by atoms with Crippen LogP contribution in [0, 0.1) is 0 Å². The van der Waals surface area contributed by atoms with E-state index >= 15 is 0 Å². The summed E-state index contributed by atoms with van der Waals surface area (Å²) in [5.74, 6) is -1.45. The summed E-state index contributed by atoms with van der Waals surface area (Å²) in [4.78, 5) is 41.8. The van der Waals surface area contributed by atoms with Gasteiger partial charge >= 0.3 is 12.1 Å². The molecule has 0 bridgehead atoms. The number of carboxylic acids is 1. The van der Waals surface area contributed by atoms with Crippen molar-refractivity contribution in [1.29, 1.82) is 0 Å². The quantitative estimate of drug-likeness (QED) is 0.414. The minimum Gasteiger partial charge on any atom is -0.480 e. The van der Waals surface area contributed by atoms with Gasteiger partial charge in [0.15, 0.2) is 0 Å². The first-order valence-electron chi connectivity index (χ1n) is 13.7. The minimum absolute atomic E-state index is 0.00511. The lowest BCUT2D eigenvalue weighted by Crippen LogP contribution is -2.57. The Kier molecular flexibility index (Phi) is 8.16. The van der Waals surface area contributed by atoms with E-state index in [1.807, 2.05) is 61.6 Å². The number of rotatable bonds is 9. The van der Waals surface area contributed by atoms with E-state index in [4.69, 9.17) is 4.74 Å². The normalized spacial score (nSPS) is 16.0. The number of hydrogen-bond acceptors (Lipinski definition) is 5. The molecule has 40 heavy (non-hydrogen) atoms. The Bertz CT molecular complexity index is 1320. The molecule has 3 aromatic rings. The summed E-state index contributed by atoms with van der Waals surface area (Å²) < 4.78 is 5.81. The molecule has 8 nitrogen and oxygen atoms in total. The fourth-order valence-electron chi connectivity index (χ4n) is 5.84. The van der Waals surface area contributed by atoms with Gasteiger partial charge in [0.2, 0.25) is 5.91 Å². The van der Waals surface area contributed by atoms with E-state index < -0.39 is 24.1 Å². The number of nitrogens with one attached hydrogen (secondary N) is 1. The van der Waals surface area contributed by atoms with Gasteiger partial charge in [0.05, 0.1) is 12.0 Å². The predicted octanol–water partition coefficient (Wildman–Crippen LogP) is 4.49. The summed E-state index contributed by atoms with van der Waals surface area (Å²) >= 11 is 0. The fraction of sp³-hybridized carbons (Fsp3) is 0.344. The van der Waals surface area contributed by atoms with Crippen molar-refractivity contribution in [3.8, 4) is 11.1 Å². The number of fused-ring (bicyclic) bond motifs is 3. The van der Waals surface area contributed by atoms with Crippen molar-refractivity contribution < 1.29 is 24.2 Å². The zero-order chi connectivity index (χ0) is 28.1. The maximum absolute atomic E-state index is 13.5. The molecular formula is C32H35N3O5. The van der Waals surface area contributed by atoms with Crippen LogP contribution in [0.25, 0.3) is 11.1 Å². The van der Waals surface area contributed by atoms with Gasteiger partial charge < -0.3 is 25.0 Å². The third-order valence-corrected chi connectivity index (χ3v) is 8.04. The van der Waals surface area contributed by atoms with Crippen LogP contribution < -0.4 is 5.32 Å². The van der Waals surface area contributed by atoms with Gasteiger partial charge in [-0.3, -0.25) is 9.59 Å². The van der Waals surface area contributed by atoms with Gasteiger partial charge in [-0.1, -0.05) is 78.9 Å². The minimum atomic E-state index is -1.08. The second kappa shape index (κ2) is 11.9. The van der Waals surface area contributed by atoms with Crippen molar-refractivity contribution >= 4 is 18.0 Å². The maximum Gasteiger partial charge on any atom is 0.407 e. The van der Waals surface area contributed by atoms with E-state index in [1.54, 1.807) is 0 Å². The number of piperidine rings is 1. The smallest absolute Gasteiger partial charge is 0.407 e. The van der Waals surface area contributed by atoms with Gasteiger partial charge in [-0.2, -0.15) is 0 Å². The molecule has 2 aliphatic rings. The van der Waals surface area contributed by atoms with Crippen molar-refractivity contribution in [3.63, 3.8) is 0 Å². The highest BCUT2D eigenvalue weighted by atomic mass is 16.5. The van der Waals surface area contributed by atoms with Crippen LogP contribution in [0.4, 0.5) is 4.79 Å². The Morgan fingerprint density at radius 2 is 1.50 bits per heavy atom. The SMILES string of the molecule is CN1CCC(CC(=O)N(CC(=O)O)Cc2ccccc2)(NC(=O)OCC2c3ccccc3-c3ccccc32)CC1. The zero-order valence-corrected chi connectivity index (χ0v) is 22.7. The molecule has 2 amide bonds. The highest BCUT2D eigenvalue weighted by Crippen LogP contribution is 2.44. The highest BCUT2D eigenvalue weighted by Gasteiger charge is 2.39. The number of carboxylic acid groups (broad SMARTS) is 1. The van der Waals surface area contributed by atoms with Crippen LogP contribution in [0.5, 0.6) is 0 Å². The van der Waals surface area contributed by atoms with Gasteiger partial charge in [-0.05, 0) is 47.7 Å². The van der Waals surface area contributed by atoms with Crippen LogP contribution in [0.1, 0.15) is 41.9 Å². The van der Waals surface area contributed by atoms with Gasteiger partial charge in [0.1, 0.15) is 13.2 Å². The Morgan fingerprint density at radius 3 is 2.10 bits per heavy atom. The third kappa shape index (κ3) is 6.18. The number of ether oxygens (including phenoxy) is 1. The molecule has 3 aromatic carbocycles. The standard InChI is InChI=1S/C32H35N3O5/c1-34-17-15-32(16-18-34,19-29(36)35(21-30(37)38)20-23-9-3-2-4-10-23)33-31(39)40-22-28-26-13-7-5-11-24(26)25-12-6-8-14-27(25)28/h2-14,28H,15-22H2,1H3,(H,33,39)(H,37,38). The van der Waals surface area contributed by atoms with Gasteiger partial charge in [0.25, 0.3) is 0 Å².